The molecule has 0 aliphatic rings. The van der Waals surface area contributed by atoms with Crippen LogP contribution in [0.25, 0.3) is 11.5 Å². The van der Waals surface area contributed by atoms with Crippen molar-refractivity contribution < 1.29 is 18.7 Å². The van der Waals surface area contributed by atoms with E-state index in [1.54, 1.807) is 50.2 Å². The van der Waals surface area contributed by atoms with Crippen molar-refractivity contribution in [3.05, 3.63) is 35.7 Å². The van der Waals surface area contributed by atoms with E-state index in [2.05, 4.69) is 20.6 Å². The first-order valence-electron chi connectivity index (χ1n) is 7.39. The number of rotatable bonds is 5. The number of aryl methyl sites for hydroxylation is 2. The van der Waals surface area contributed by atoms with Gasteiger partial charge in [0.25, 0.3) is 5.91 Å². The predicted molar refractivity (Wildman–Crippen MR) is 88.7 cm³/mol. The van der Waals surface area contributed by atoms with Crippen molar-refractivity contribution in [2.24, 2.45) is 7.05 Å². The maximum absolute atomic E-state index is 12.2. The van der Waals surface area contributed by atoms with Gasteiger partial charge in [-0.05, 0) is 25.1 Å². The average Bonchev–Trinajstić information content (AvgIpc) is 3.20. The number of methoxy groups -OCH3 is 2. The molecule has 1 aromatic carbocycles. The van der Waals surface area contributed by atoms with Crippen molar-refractivity contribution in [1.82, 2.24) is 20.0 Å². The largest absolute Gasteiger partial charge is 0.493 e. The molecule has 0 aliphatic carbocycles. The fourth-order valence-corrected chi connectivity index (χ4v) is 2.35. The second-order valence-corrected chi connectivity index (χ2v) is 5.27. The van der Waals surface area contributed by atoms with Gasteiger partial charge in [-0.25, -0.2) is 0 Å². The van der Waals surface area contributed by atoms with Crippen LogP contribution in [0.2, 0.25) is 0 Å². The van der Waals surface area contributed by atoms with Crippen molar-refractivity contribution in [3.8, 4) is 23.0 Å². The van der Waals surface area contributed by atoms with E-state index >= 15 is 0 Å². The van der Waals surface area contributed by atoms with Gasteiger partial charge in [0.05, 0.1) is 14.2 Å². The lowest BCUT2D eigenvalue weighted by Crippen LogP contribution is -2.14. The summed E-state index contributed by atoms with van der Waals surface area (Å²) in [5.41, 5.74) is 1.69. The molecule has 0 spiro atoms. The fraction of sp³-hybridized carbons (Fsp3) is 0.250. The molecule has 0 saturated heterocycles. The van der Waals surface area contributed by atoms with E-state index < -0.39 is 5.91 Å². The van der Waals surface area contributed by atoms with Crippen molar-refractivity contribution in [1.29, 1.82) is 0 Å². The zero-order chi connectivity index (χ0) is 18.0. The molecule has 0 unspecified atom stereocenters. The van der Waals surface area contributed by atoms with E-state index in [0.717, 1.165) is 5.56 Å². The molecule has 25 heavy (non-hydrogen) atoms. The van der Waals surface area contributed by atoms with Gasteiger partial charge >= 0.3 is 6.01 Å². The Kier molecular flexibility index (Phi) is 4.38. The lowest BCUT2D eigenvalue weighted by atomic mass is 10.2. The van der Waals surface area contributed by atoms with E-state index in [1.165, 1.54) is 7.11 Å². The maximum Gasteiger partial charge on any atom is 0.322 e. The highest BCUT2D eigenvalue weighted by Gasteiger charge is 2.17. The average molecular weight is 343 g/mol. The molecule has 0 radical (unpaired) electrons. The minimum atomic E-state index is -0.416. The summed E-state index contributed by atoms with van der Waals surface area (Å²) in [6, 6.07) is 5.18. The van der Waals surface area contributed by atoms with Crippen LogP contribution in [0, 0.1) is 6.92 Å². The molecule has 3 rings (SSSR count). The molecule has 3 aromatic rings. The number of nitrogens with one attached hydrogen (secondary N) is 1. The minimum Gasteiger partial charge on any atom is -0.493 e. The summed E-state index contributed by atoms with van der Waals surface area (Å²) in [5.74, 6) is 0.951. The number of carbonyl (C=O) groups excluding carboxylic acids is 1. The Labute approximate surface area is 143 Å². The van der Waals surface area contributed by atoms with Gasteiger partial charge in [0.15, 0.2) is 17.2 Å². The van der Waals surface area contributed by atoms with Crippen LogP contribution in [-0.4, -0.2) is 40.1 Å². The fourth-order valence-electron chi connectivity index (χ4n) is 2.35. The first-order valence-corrected chi connectivity index (χ1v) is 7.39. The summed E-state index contributed by atoms with van der Waals surface area (Å²) in [7, 11) is 4.83. The highest BCUT2D eigenvalue weighted by atomic mass is 16.5. The molecule has 9 nitrogen and oxygen atoms in total. The number of aromatic nitrogens is 4. The SMILES string of the molecule is COc1ccc(-c2nnc(NC(=O)c3nn(C)cc3C)o2)cc1OC. The molecule has 130 valence electrons. The number of ether oxygens (including phenoxy) is 2. The van der Waals surface area contributed by atoms with E-state index in [0.29, 0.717) is 22.8 Å². The Balaban J connectivity index is 1.81. The smallest absolute Gasteiger partial charge is 0.322 e. The van der Waals surface area contributed by atoms with Crippen molar-refractivity contribution in [2.75, 3.05) is 19.5 Å². The second-order valence-electron chi connectivity index (χ2n) is 5.27. The van der Waals surface area contributed by atoms with Crippen LogP contribution in [0.5, 0.6) is 11.5 Å². The Hall–Kier alpha value is -3.36. The van der Waals surface area contributed by atoms with E-state index in [1.807, 2.05) is 0 Å². The molecule has 1 N–H and O–H groups in total. The molecule has 1 amide bonds. The van der Waals surface area contributed by atoms with Gasteiger partial charge in [0, 0.05) is 24.4 Å². The van der Waals surface area contributed by atoms with Crippen LogP contribution < -0.4 is 14.8 Å². The van der Waals surface area contributed by atoms with E-state index in [4.69, 9.17) is 13.9 Å². The Morgan fingerprint density at radius 2 is 1.96 bits per heavy atom. The highest BCUT2D eigenvalue weighted by Crippen LogP contribution is 2.32. The van der Waals surface area contributed by atoms with E-state index in [9.17, 15) is 4.79 Å². The second kappa shape index (κ2) is 6.63. The number of hydrogen-bond acceptors (Lipinski definition) is 7. The number of nitrogens with zero attached hydrogens (tertiary/aromatic N) is 4. The standard InChI is InChI=1S/C16H17N5O4/c1-9-8-21(2)20-13(9)14(22)17-16-19-18-15(25-16)10-5-6-11(23-3)12(7-10)24-4/h5-8H,1-4H3,(H,17,19,22). The third-order valence-electron chi connectivity index (χ3n) is 3.50. The molecule has 0 saturated carbocycles. The van der Waals surface area contributed by atoms with Gasteiger partial charge in [-0.15, -0.1) is 5.10 Å². The summed E-state index contributed by atoms with van der Waals surface area (Å²) in [4.78, 5) is 12.2. The zero-order valence-electron chi connectivity index (χ0n) is 14.2. The van der Waals surface area contributed by atoms with Crippen LogP contribution in [0.3, 0.4) is 0 Å². The number of benzene rings is 1. The third kappa shape index (κ3) is 3.30. The van der Waals surface area contributed by atoms with E-state index in [-0.39, 0.29) is 11.9 Å². The molecule has 0 atom stereocenters. The Morgan fingerprint density at radius 1 is 1.20 bits per heavy atom. The topological polar surface area (TPSA) is 104 Å². The normalized spacial score (nSPS) is 10.6. The Bertz CT molecular complexity index is 915. The van der Waals surface area contributed by atoms with Crippen LogP contribution in [0.15, 0.2) is 28.8 Å². The monoisotopic (exact) mass is 343 g/mol. The number of carbonyl (C=O) groups is 1. The zero-order valence-corrected chi connectivity index (χ0v) is 14.2. The van der Waals surface area contributed by atoms with Gasteiger partial charge in [-0.1, -0.05) is 5.10 Å². The molecule has 0 fully saturated rings. The van der Waals surface area contributed by atoms with Gasteiger partial charge in [0.2, 0.25) is 5.89 Å². The number of amides is 1. The van der Waals surface area contributed by atoms with Gasteiger partial charge in [-0.3, -0.25) is 14.8 Å². The number of anilines is 1. The Morgan fingerprint density at radius 3 is 2.60 bits per heavy atom. The first kappa shape index (κ1) is 16.5. The quantitative estimate of drug-likeness (QED) is 0.756. The summed E-state index contributed by atoms with van der Waals surface area (Å²) in [6.07, 6.45) is 1.75. The van der Waals surface area contributed by atoms with Crippen LogP contribution in [-0.2, 0) is 7.05 Å². The van der Waals surface area contributed by atoms with Crippen LogP contribution in [0.1, 0.15) is 16.1 Å². The number of hydrogen-bond donors (Lipinski definition) is 1. The minimum absolute atomic E-state index is 0.0140. The molecular formula is C16H17N5O4. The molecule has 9 heteroatoms. The lowest BCUT2D eigenvalue weighted by molar-refractivity contribution is 0.101. The van der Waals surface area contributed by atoms with Crippen molar-refractivity contribution in [3.63, 3.8) is 0 Å². The molecule has 2 aromatic heterocycles. The lowest BCUT2D eigenvalue weighted by Gasteiger charge is -2.07. The van der Waals surface area contributed by atoms with Crippen molar-refractivity contribution >= 4 is 11.9 Å². The summed E-state index contributed by atoms with van der Waals surface area (Å²) in [5, 5.41) is 14.4. The molecule has 2 heterocycles. The van der Waals surface area contributed by atoms with Crippen LogP contribution in [0.4, 0.5) is 6.01 Å². The summed E-state index contributed by atoms with van der Waals surface area (Å²) >= 11 is 0. The highest BCUT2D eigenvalue weighted by molar-refractivity contribution is 6.02. The van der Waals surface area contributed by atoms with Crippen molar-refractivity contribution in [2.45, 2.75) is 6.92 Å². The van der Waals surface area contributed by atoms with Gasteiger partial charge in [0.1, 0.15) is 0 Å². The third-order valence-corrected chi connectivity index (χ3v) is 3.50. The summed E-state index contributed by atoms with van der Waals surface area (Å²) in [6.45, 7) is 1.80. The van der Waals surface area contributed by atoms with Gasteiger partial charge < -0.3 is 13.9 Å². The molecule has 0 bridgehead atoms. The molecule has 0 aliphatic heterocycles. The first-order chi connectivity index (χ1) is 12.0. The maximum atomic E-state index is 12.2. The van der Waals surface area contributed by atoms with Crippen LogP contribution >= 0.6 is 0 Å². The van der Waals surface area contributed by atoms with Gasteiger partial charge in [-0.2, -0.15) is 5.10 Å². The molecular weight excluding hydrogens is 326 g/mol. The predicted octanol–water partition coefficient (Wildman–Crippen LogP) is 2.05. The summed E-state index contributed by atoms with van der Waals surface area (Å²) < 4.78 is 17.5.